The number of hydrogen-bond donors (Lipinski definition) is 0. The minimum absolute atomic E-state index is 1.24. The van der Waals surface area contributed by atoms with Gasteiger partial charge in [0.05, 0.1) is 13.4 Å². The van der Waals surface area contributed by atoms with E-state index in [0.29, 0.717) is 0 Å². The Bertz CT molecular complexity index is 105. The summed E-state index contributed by atoms with van der Waals surface area (Å²) in [6.07, 6.45) is 1.38. The molecule has 0 rings (SSSR count). The van der Waals surface area contributed by atoms with Crippen LogP contribution >= 0.6 is 0 Å². The average molecular weight is 110 g/mol. The highest BCUT2D eigenvalue weighted by Gasteiger charge is 1.39. The summed E-state index contributed by atoms with van der Waals surface area (Å²) in [7, 11) is 1.56. The molecule has 0 heterocycles. The third-order valence-corrected chi connectivity index (χ3v) is 0.217. The Labute approximate surface area is 48.4 Å². The highest BCUT2D eigenvalue weighted by atomic mass is 16.5. The topological polar surface area (TPSA) is 56.8 Å². The van der Waals surface area contributed by atoms with Crippen LogP contribution in [0.5, 0.6) is 0 Å². The molecule has 0 N–H and O–H groups in total. The van der Waals surface area contributed by atoms with E-state index in [9.17, 15) is 0 Å². The molecular formula is C5H6N2O. The van der Waals surface area contributed by atoms with Crippen molar-refractivity contribution >= 4 is 0 Å². The molecular weight excluding hydrogens is 104 g/mol. The summed E-state index contributed by atoms with van der Waals surface area (Å²) in [5, 5.41) is 14.5. The molecule has 0 aliphatic heterocycles. The standard InChI is InChI=1S/C3H6O.C2N2/c1-3-4-2;3-1-2-4/h3H,1H2,2H3;. The largest absolute Gasteiger partial charge is 0.505 e. The Hall–Kier alpha value is -1.48. The molecule has 0 unspecified atom stereocenters. The lowest BCUT2D eigenvalue weighted by Crippen LogP contribution is -1.54. The Kier molecular flexibility index (Phi) is 21.6. The van der Waals surface area contributed by atoms with E-state index in [2.05, 4.69) is 11.3 Å². The zero-order valence-corrected chi connectivity index (χ0v) is 4.59. The maximum atomic E-state index is 7.26. The van der Waals surface area contributed by atoms with Crippen LogP contribution in [0.2, 0.25) is 0 Å². The fraction of sp³-hybridized carbons (Fsp3) is 0.200. The molecule has 0 saturated carbocycles. The molecule has 3 heteroatoms. The molecule has 8 heavy (non-hydrogen) atoms. The van der Waals surface area contributed by atoms with Gasteiger partial charge in [-0.1, -0.05) is 6.58 Å². The van der Waals surface area contributed by atoms with Crippen molar-refractivity contribution in [3.63, 3.8) is 0 Å². The SMILES string of the molecule is C=COC.N#CC#N. The molecule has 0 aliphatic carbocycles. The number of nitriles is 2. The lowest BCUT2D eigenvalue weighted by atomic mass is 10.9. The van der Waals surface area contributed by atoms with Gasteiger partial charge in [-0.15, -0.1) is 0 Å². The first-order valence-corrected chi connectivity index (χ1v) is 1.75. The quantitative estimate of drug-likeness (QED) is 0.469. The Morgan fingerprint density at radius 2 is 1.75 bits per heavy atom. The first-order valence-electron chi connectivity index (χ1n) is 1.75. The van der Waals surface area contributed by atoms with Gasteiger partial charge < -0.3 is 4.74 Å². The predicted molar refractivity (Wildman–Crippen MR) is 28.4 cm³/mol. The highest BCUT2D eigenvalue weighted by Crippen LogP contribution is 1.52. The van der Waals surface area contributed by atoms with E-state index in [0.717, 1.165) is 0 Å². The van der Waals surface area contributed by atoms with Crippen molar-refractivity contribution in [3.05, 3.63) is 12.8 Å². The van der Waals surface area contributed by atoms with Gasteiger partial charge in [-0.25, -0.2) is 0 Å². The van der Waals surface area contributed by atoms with E-state index in [1.165, 1.54) is 18.4 Å². The fourth-order valence-corrected chi connectivity index (χ4v) is 0. The lowest BCUT2D eigenvalue weighted by molar-refractivity contribution is 0.339. The summed E-state index contributed by atoms with van der Waals surface area (Å²) in [5.41, 5.74) is 0. The maximum absolute atomic E-state index is 7.26. The molecule has 0 aliphatic rings. The van der Waals surface area contributed by atoms with Crippen LogP contribution in [0.1, 0.15) is 0 Å². The zero-order chi connectivity index (χ0) is 6.83. The number of hydrogen-bond acceptors (Lipinski definition) is 3. The van der Waals surface area contributed by atoms with Gasteiger partial charge in [-0.05, 0) is 0 Å². The van der Waals surface area contributed by atoms with Crippen molar-refractivity contribution in [1.82, 2.24) is 0 Å². The molecule has 0 fully saturated rings. The number of rotatable bonds is 1. The van der Waals surface area contributed by atoms with Gasteiger partial charge in [-0.3, -0.25) is 0 Å². The average Bonchev–Trinajstić information content (AvgIpc) is 1.88. The summed E-state index contributed by atoms with van der Waals surface area (Å²) < 4.78 is 4.31. The molecule has 0 amide bonds. The summed E-state index contributed by atoms with van der Waals surface area (Å²) in [5.74, 6) is 0. The molecule has 0 saturated heterocycles. The normalized spacial score (nSPS) is 3.88. The van der Waals surface area contributed by atoms with Crippen molar-refractivity contribution in [2.75, 3.05) is 7.11 Å². The Balaban J connectivity index is 0. The van der Waals surface area contributed by atoms with Crippen LogP contribution < -0.4 is 0 Å². The summed E-state index contributed by atoms with van der Waals surface area (Å²) in [6.45, 7) is 3.26. The van der Waals surface area contributed by atoms with Gasteiger partial charge >= 0.3 is 0 Å². The molecule has 0 atom stereocenters. The smallest absolute Gasteiger partial charge is 0.181 e. The van der Waals surface area contributed by atoms with Crippen LogP contribution in [0.25, 0.3) is 0 Å². The zero-order valence-electron chi connectivity index (χ0n) is 4.59. The molecule has 0 aromatic rings. The van der Waals surface area contributed by atoms with Crippen molar-refractivity contribution in [3.8, 4) is 12.1 Å². The monoisotopic (exact) mass is 110 g/mol. The minimum atomic E-state index is 1.24. The van der Waals surface area contributed by atoms with Crippen LogP contribution in [0.4, 0.5) is 0 Å². The van der Waals surface area contributed by atoms with Gasteiger partial charge in [0.1, 0.15) is 0 Å². The summed E-state index contributed by atoms with van der Waals surface area (Å²) in [6, 6.07) is 2.47. The van der Waals surface area contributed by atoms with E-state index in [4.69, 9.17) is 10.5 Å². The summed E-state index contributed by atoms with van der Waals surface area (Å²) in [4.78, 5) is 0. The number of methoxy groups -OCH3 is 1. The van der Waals surface area contributed by atoms with Gasteiger partial charge in [0.25, 0.3) is 0 Å². The van der Waals surface area contributed by atoms with Crippen molar-refractivity contribution in [2.45, 2.75) is 0 Å². The predicted octanol–water partition coefficient (Wildman–Crippen LogP) is 0.810. The van der Waals surface area contributed by atoms with Gasteiger partial charge in [0.15, 0.2) is 12.1 Å². The second kappa shape index (κ2) is 17.8. The van der Waals surface area contributed by atoms with Gasteiger partial charge in [-0.2, -0.15) is 10.5 Å². The second-order valence-electron chi connectivity index (χ2n) is 0.626. The number of ether oxygens (including phenoxy) is 1. The van der Waals surface area contributed by atoms with Crippen molar-refractivity contribution in [1.29, 1.82) is 10.5 Å². The molecule has 0 aromatic carbocycles. The summed E-state index contributed by atoms with van der Waals surface area (Å²) >= 11 is 0. The second-order valence-corrected chi connectivity index (χ2v) is 0.626. The first kappa shape index (κ1) is 9.72. The molecule has 0 radical (unpaired) electrons. The maximum Gasteiger partial charge on any atom is 0.181 e. The van der Waals surface area contributed by atoms with Crippen molar-refractivity contribution < 1.29 is 4.74 Å². The van der Waals surface area contributed by atoms with Crippen LogP contribution in [-0.2, 0) is 4.74 Å². The minimum Gasteiger partial charge on any atom is -0.505 e. The van der Waals surface area contributed by atoms with E-state index in [-0.39, 0.29) is 0 Å². The number of nitrogens with zero attached hydrogens (tertiary/aromatic N) is 2. The van der Waals surface area contributed by atoms with E-state index < -0.39 is 0 Å². The molecule has 0 spiro atoms. The van der Waals surface area contributed by atoms with Crippen LogP contribution in [0.15, 0.2) is 12.8 Å². The molecule has 3 nitrogen and oxygen atoms in total. The van der Waals surface area contributed by atoms with E-state index in [1.54, 1.807) is 7.11 Å². The van der Waals surface area contributed by atoms with Crippen LogP contribution in [-0.4, -0.2) is 7.11 Å². The van der Waals surface area contributed by atoms with Gasteiger partial charge in [0, 0.05) is 0 Å². The fourth-order valence-electron chi connectivity index (χ4n) is 0. The molecule has 0 aromatic heterocycles. The van der Waals surface area contributed by atoms with Crippen molar-refractivity contribution in [2.24, 2.45) is 0 Å². The van der Waals surface area contributed by atoms with Crippen LogP contribution in [0.3, 0.4) is 0 Å². The van der Waals surface area contributed by atoms with Crippen LogP contribution in [0, 0.1) is 22.7 Å². The Morgan fingerprint density at radius 1 is 1.50 bits per heavy atom. The highest BCUT2D eigenvalue weighted by molar-refractivity contribution is 4.99. The molecule has 0 bridgehead atoms. The van der Waals surface area contributed by atoms with E-state index in [1.807, 2.05) is 0 Å². The third-order valence-electron chi connectivity index (χ3n) is 0.217. The lowest BCUT2D eigenvalue weighted by Gasteiger charge is -1.73. The molecule has 42 valence electrons. The van der Waals surface area contributed by atoms with E-state index >= 15 is 0 Å². The Morgan fingerprint density at radius 3 is 1.75 bits per heavy atom. The van der Waals surface area contributed by atoms with Gasteiger partial charge in [0.2, 0.25) is 0 Å². The first-order chi connectivity index (χ1) is 3.83. The third kappa shape index (κ3) is 207.